The van der Waals surface area contributed by atoms with Gasteiger partial charge in [0.15, 0.2) is 0 Å². The van der Waals surface area contributed by atoms with E-state index >= 15 is 0 Å². The van der Waals surface area contributed by atoms with E-state index in [0.29, 0.717) is 17.3 Å². The van der Waals surface area contributed by atoms with Crippen molar-refractivity contribution in [1.82, 2.24) is 9.97 Å². The van der Waals surface area contributed by atoms with Crippen LogP contribution < -0.4 is 0 Å². The molecule has 3 rings (SSSR count). The van der Waals surface area contributed by atoms with Crippen LogP contribution in [-0.2, 0) is 6.42 Å². The Labute approximate surface area is 195 Å². The number of halogens is 1. The van der Waals surface area contributed by atoms with Gasteiger partial charge in [-0.1, -0.05) is 95.9 Å². The van der Waals surface area contributed by atoms with Crippen molar-refractivity contribution in [3.05, 3.63) is 47.8 Å². The molecular weight excluding hydrogens is 395 g/mol. The maximum atomic E-state index is 14.9. The number of unbranched alkanes of at least 4 members (excludes halogenated alkanes) is 7. The highest BCUT2D eigenvalue weighted by Crippen LogP contribution is 2.37. The molecule has 1 heterocycles. The summed E-state index contributed by atoms with van der Waals surface area (Å²) in [4.78, 5) is 8.89. The molecule has 0 spiro atoms. The minimum absolute atomic E-state index is 0.320. The third-order valence-electron chi connectivity index (χ3n) is 7.27. The molecular formula is C29H43FN2. The van der Waals surface area contributed by atoms with Crippen LogP contribution in [0.2, 0.25) is 0 Å². The number of hydrogen-bond acceptors (Lipinski definition) is 2. The van der Waals surface area contributed by atoms with E-state index in [4.69, 9.17) is 0 Å². The van der Waals surface area contributed by atoms with E-state index in [1.54, 1.807) is 6.20 Å². The maximum Gasteiger partial charge on any atom is 0.224 e. The highest BCUT2D eigenvalue weighted by Gasteiger charge is 2.24. The fourth-order valence-electron chi connectivity index (χ4n) is 5.10. The zero-order chi connectivity index (χ0) is 22.6. The lowest BCUT2D eigenvalue weighted by molar-refractivity contribution is 0.297. The zero-order valence-electron chi connectivity index (χ0n) is 20.4. The molecule has 0 amide bonds. The van der Waals surface area contributed by atoms with Crippen molar-refractivity contribution in [2.24, 2.45) is 5.92 Å². The van der Waals surface area contributed by atoms with Gasteiger partial charge in [0, 0.05) is 12.1 Å². The van der Waals surface area contributed by atoms with E-state index in [9.17, 15) is 4.39 Å². The van der Waals surface area contributed by atoms with Gasteiger partial charge in [-0.05, 0) is 55.6 Å². The van der Waals surface area contributed by atoms with Gasteiger partial charge in [0.2, 0.25) is 5.95 Å². The van der Waals surface area contributed by atoms with Gasteiger partial charge in [0.05, 0.1) is 5.56 Å². The highest BCUT2D eigenvalue weighted by molar-refractivity contribution is 5.62. The molecule has 1 aliphatic carbocycles. The molecule has 0 bridgehead atoms. The van der Waals surface area contributed by atoms with Gasteiger partial charge in [-0.2, -0.15) is 4.39 Å². The Morgan fingerprint density at radius 1 is 0.812 bits per heavy atom. The summed E-state index contributed by atoms with van der Waals surface area (Å²) < 4.78 is 14.9. The van der Waals surface area contributed by atoms with Crippen molar-refractivity contribution in [2.45, 2.75) is 116 Å². The van der Waals surface area contributed by atoms with Crippen molar-refractivity contribution >= 4 is 0 Å². The minimum atomic E-state index is -0.372. The number of aryl methyl sites for hydroxylation is 1. The molecule has 0 N–H and O–H groups in total. The molecule has 2 aromatic rings. The van der Waals surface area contributed by atoms with Gasteiger partial charge < -0.3 is 0 Å². The van der Waals surface area contributed by atoms with E-state index in [1.807, 2.05) is 12.1 Å². The first-order chi connectivity index (χ1) is 15.7. The van der Waals surface area contributed by atoms with Crippen molar-refractivity contribution < 1.29 is 4.39 Å². The van der Waals surface area contributed by atoms with Crippen LogP contribution in [0, 0.1) is 11.9 Å². The van der Waals surface area contributed by atoms with Gasteiger partial charge in [0.25, 0.3) is 0 Å². The number of nitrogens with zero attached hydrogens (tertiary/aromatic N) is 2. The molecule has 0 saturated heterocycles. The van der Waals surface area contributed by atoms with Gasteiger partial charge in [-0.3, -0.25) is 0 Å². The highest BCUT2D eigenvalue weighted by atomic mass is 19.1. The fraction of sp³-hybridized carbons (Fsp3) is 0.655. The second kappa shape index (κ2) is 13.7. The molecule has 1 aromatic carbocycles. The van der Waals surface area contributed by atoms with Crippen LogP contribution in [0.1, 0.15) is 121 Å². The number of benzene rings is 1. The van der Waals surface area contributed by atoms with E-state index in [-0.39, 0.29) is 5.95 Å². The zero-order valence-corrected chi connectivity index (χ0v) is 20.4. The van der Waals surface area contributed by atoms with Crippen molar-refractivity contribution in [1.29, 1.82) is 0 Å². The summed E-state index contributed by atoms with van der Waals surface area (Å²) >= 11 is 0. The Morgan fingerprint density at radius 3 is 2.12 bits per heavy atom. The summed E-state index contributed by atoms with van der Waals surface area (Å²) in [6.07, 6.45) is 20.7. The molecule has 0 aliphatic heterocycles. The third kappa shape index (κ3) is 7.67. The second-order valence-electron chi connectivity index (χ2n) is 9.86. The second-order valence-corrected chi connectivity index (χ2v) is 9.86. The van der Waals surface area contributed by atoms with Gasteiger partial charge in [-0.15, -0.1) is 0 Å². The molecule has 176 valence electrons. The summed E-state index contributed by atoms with van der Waals surface area (Å²) in [6.45, 7) is 4.52. The maximum absolute atomic E-state index is 14.9. The van der Waals surface area contributed by atoms with Crippen molar-refractivity contribution in [3.63, 3.8) is 0 Å². The summed E-state index contributed by atoms with van der Waals surface area (Å²) in [5.74, 6) is 1.49. The first-order valence-electron chi connectivity index (χ1n) is 13.3. The number of hydrogen-bond donors (Lipinski definition) is 0. The van der Waals surface area contributed by atoms with Crippen LogP contribution in [0.25, 0.3) is 11.1 Å². The molecule has 2 nitrogen and oxygen atoms in total. The van der Waals surface area contributed by atoms with Crippen LogP contribution in [0.15, 0.2) is 30.5 Å². The average Bonchev–Trinajstić information content (AvgIpc) is 2.83. The molecule has 1 fully saturated rings. The summed E-state index contributed by atoms with van der Waals surface area (Å²) in [6, 6.07) is 8.32. The van der Waals surface area contributed by atoms with Gasteiger partial charge in [-0.25, -0.2) is 9.97 Å². The summed E-state index contributed by atoms with van der Waals surface area (Å²) in [7, 11) is 0. The van der Waals surface area contributed by atoms with Crippen molar-refractivity contribution in [3.8, 4) is 11.1 Å². The van der Waals surface area contributed by atoms with E-state index in [2.05, 4.69) is 35.9 Å². The van der Waals surface area contributed by atoms with E-state index < -0.39 is 0 Å². The average molecular weight is 439 g/mol. The van der Waals surface area contributed by atoms with Crippen molar-refractivity contribution in [2.75, 3.05) is 0 Å². The first-order valence-corrected chi connectivity index (χ1v) is 13.3. The Bertz CT molecular complexity index is 778. The Morgan fingerprint density at radius 2 is 1.47 bits per heavy atom. The van der Waals surface area contributed by atoms with E-state index in [1.165, 1.54) is 82.6 Å². The number of aromatic nitrogens is 2. The smallest absolute Gasteiger partial charge is 0.224 e. The largest absolute Gasteiger partial charge is 0.240 e. The topological polar surface area (TPSA) is 25.8 Å². The first kappa shape index (κ1) is 24.9. The van der Waals surface area contributed by atoms with E-state index in [0.717, 1.165) is 30.7 Å². The fourth-order valence-corrected chi connectivity index (χ4v) is 5.10. The molecule has 32 heavy (non-hydrogen) atoms. The molecule has 1 aromatic heterocycles. The Hall–Kier alpha value is -1.77. The Kier molecular flexibility index (Phi) is 10.6. The molecule has 0 unspecified atom stereocenters. The summed E-state index contributed by atoms with van der Waals surface area (Å²) in [5, 5.41) is 0. The van der Waals surface area contributed by atoms with Gasteiger partial charge in [0.1, 0.15) is 5.82 Å². The summed E-state index contributed by atoms with van der Waals surface area (Å²) in [5.41, 5.74) is 2.73. The van der Waals surface area contributed by atoms with Crippen LogP contribution in [-0.4, -0.2) is 9.97 Å². The standard InChI is InChI=1S/C29H43FN2/c1-3-5-7-8-9-10-11-13-24-14-18-25(19-15-24)27-22-31-29(32-28(27)30)26-20-16-23(17-21-26)12-6-4-2/h14-15,18-19,22-23,26H,3-13,16-17,20-21H2,1-2H3. The Balaban J connectivity index is 1.48. The predicted molar refractivity (Wildman–Crippen MR) is 133 cm³/mol. The monoisotopic (exact) mass is 438 g/mol. The lowest BCUT2D eigenvalue weighted by Crippen LogP contribution is -2.16. The van der Waals surface area contributed by atoms with Crippen LogP contribution in [0.4, 0.5) is 4.39 Å². The molecule has 0 radical (unpaired) electrons. The predicted octanol–water partition coefficient (Wildman–Crippen LogP) is 9.04. The van der Waals surface area contributed by atoms with Crippen LogP contribution in [0.5, 0.6) is 0 Å². The quantitative estimate of drug-likeness (QED) is 0.230. The molecule has 3 heteroatoms. The van der Waals surface area contributed by atoms with Crippen LogP contribution in [0.3, 0.4) is 0 Å². The molecule has 1 saturated carbocycles. The third-order valence-corrected chi connectivity index (χ3v) is 7.27. The lowest BCUT2D eigenvalue weighted by Gasteiger charge is -2.27. The minimum Gasteiger partial charge on any atom is -0.240 e. The molecule has 0 atom stereocenters. The molecule has 1 aliphatic rings. The lowest BCUT2D eigenvalue weighted by atomic mass is 9.79. The number of rotatable bonds is 13. The van der Waals surface area contributed by atoms with Gasteiger partial charge >= 0.3 is 0 Å². The normalized spacial score (nSPS) is 18.7. The van der Waals surface area contributed by atoms with Crippen LogP contribution >= 0.6 is 0 Å². The SMILES string of the molecule is CCCCCCCCCc1ccc(-c2cnc(C3CCC(CCCC)CC3)nc2F)cc1.